The van der Waals surface area contributed by atoms with E-state index in [9.17, 15) is 4.79 Å². The van der Waals surface area contributed by atoms with Crippen molar-refractivity contribution in [3.8, 4) is 0 Å². The summed E-state index contributed by atoms with van der Waals surface area (Å²) in [6.45, 7) is 8.93. The van der Waals surface area contributed by atoms with Crippen molar-refractivity contribution >= 4 is 17.2 Å². The topological polar surface area (TPSA) is 54.5 Å². The molecule has 0 aliphatic carbocycles. The minimum absolute atomic E-state index is 0.0653. The van der Waals surface area contributed by atoms with Gasteiger partial charge in [0.1, 0.15) is 0 Å². The minimum Gasteiger partial charge on any atom is -0.379 e. The number of nitrogens with one attached hydrogen (secondary N) is 1. The zero-order valence-electron chi connectivity index (χ0n) is 10.9. The van der Waals surface area contributed by atoms with Crippen LogP contribution in [-0.4, -0.2) is 55.2 Å². The van der Waals surface area contributed by atoms with Crippen LogP contribution in [0.15, 0.2) is 0 Å². The Kier molecular flexibility index (Phi) is 4.68. The van der Waals surface area contributed by atoms with Gasteiger partial charge in [0, 0.05) is 31.1 Å². The average Bonchev–Trinajstić information content (AvgIpc) is 2.71. The Morgan fingerprint density at radius 1 is 1.44 bits per heavy atom. The highest BCUT2D eigenvalue weighted by Crippen LogP contribution is 2.15. The van der Waals surface area contributed by atoms with Gasteiger partial charge in [-0.2, -0.15) is 0 Å². The van der Waals surface area contributed by atoms with Crippen molar-refractivity contribution < 1.29 is 9.53 Å². The molecule has 1 aliphatic rings. The van der Waals surface area contributed by atoms with Gasteiger partial charge in [0.05, 0.1) is 18.9 Å². The van der Waals surface area contributed by atoms with Gasteiger partial charge in [0.2, 0.25) is 0 Å². The van der Waals surface area contributed by atoms with Gasteiger partial charge in [-0.15, -0.1) is 11.3 Å². The Morgan fingerprint density at radius 2 is 2.17 bits per heavy atom. The van der Waals surface area contributed by atoms with E-state index in [1.807, 2.05) is 13.8 Å². The molecule has 1 saturated heterocycles. The van der Waals surface area contributed by atoms with E-state index < -0.39 is 0 Å². The number of amides is 1. The first-order chi connectivity index (χ1) is 8.66. The number of aromatic nitrogens is 1. The molecule has 0 saturated carbocycles. The van der Waals surface area contributed by atoms with Crippen LogP contribution in [0.4, 0.5) is 0 Å². The van der Waals surface area contributed by atoms with Crippen LogP contribution in [0.1, 0.15) is 20.4 Å². The van der Waals surface area contributed by atoms with Gasteiger partial charge in [0.25, 0.3) is 5.91 Å². The van der Waals surface area contributed by atoms with Crippen LogP contribution in [0.2, 0.25) is 0 Å². The lowest BCUT2D eigenvalue weighted by atomic mass is 10.4. The Labute approximate surface area is 111 Å². The van der Waals surface area contributed by atoms with Crippen molar-refractivity contribution in [3.05, 3.63) is 15.6 Å². The first-order valence-corrected chi connectivity index (χ1v) is 7.01. The Morgan fingerprint density at radius 3 is 2.78 bits per heavy atom. The number of carbonyl (C=O) groups excluding carboxylic acids is 1. The molecule has 0 aromatic carbocycles. The van der Waals surface area contributed by atoms with Crippen molar-refractivity contribution in [3.63, 3.8) is 0 Å². The van der Waals surface area contributed by atoms with Gasteiger partial charge in [-0.05, 0) is 13.8 Å². The molecule has 0 radical (unpaired) electrons. The van der Waals surface area contributed by atoms with Crippen LogP contribution >= 0.6 is 11.3 Å². The van der Waals surface area contributed by atoms with E-state index in [-0.39, 0.29) is 5.91 Å². The molecule has 6 heteroatoms. The second kappa shape index (κ2) is 6.26. The van der Waals surface area contributed by atoms with Gasteiger partial charge >= 0.3 is 0 Å². The molecular formula is C12H19N3O2S. The number of hydrogen-bond acceptors (Lipinski definition) is 5. The maximum atomic E-state index is 11.8. The van der Waals surface area contributed by atoms with Crippen LogP contribution in [0.25, 0.3) is 0 Å². The molecule has 1 fully saturated rings. The third kappa shape index (κ3) is 3.51. The van der Waals surface area contributed by atoms with Gasteiger partial charge in [-0.3, -0.25) is 9.69 Å². The number of thiazole rings is 1. The number of hydrogen-bond donors (Lipinski definition) is 1. The normalized spacial score (nSPS) is 16.8. The van der Waals surface area contributed by atoms with Crippen LogP contribution in [-0.2, 0) is 4.74 Å². The van der Waals surface area contributed by atoms with Crippen molar-refractivity contribution in [2.45, 2.75) is 13.8 Å². The fraction of sp³-hybridized carbons (Fsp3) is 0.667. The summed E-state index contributed by atoms with van der Waals surface area (Å²) < 4.78 is 5.28. The summed E-state index contributed by atoms with van der Waals surface area (Å²) >= 11 is 1.45. The quantitative estimate of drug-likeness (QED) is 0.879. The van der Waals surface area contributed by atoms with E-state index in [4.69, 9.17) is 4.74 Å². The third-order valence-corrected chi connectivity index (χ3v) is 4.11. The molecule has 0 spiro atoms. The highest BCUT2D eigenvalue weighted by atomic mass is 32.1. The third-order valence-electron chi connectivity index (χ3n) is 3.04. The smallest absolute Gasteiger partial charge is 0.280 e. The molecule has 0 bridgehead atoms. The lowest BCUT2D eigenvalue weighted by Crippen LogP contribution is -2.41. The second-order valence-corrected chi connectivity index (χ2v) is 5.57. The molecule has 2 rings (SSSR count). The lowest BCUT2D eigenvalue weighted by molar-refractivity contribution is 0.0383. The maximum Gasteiger partial charge on any atom is 0.280 e. The number of rotatable bonds is 4. The Balaban J connectivity index is 1.74. The number of ether oxygens (including phenoxy) is 1. The van der Waals surface area contributed by atoms with Crippen molar-refractivity contribution in [2.24, 2.45) is 0 Å². The molecule has 0 atom stereocenters. The average molecular weight is 269 g/mol. The molecule has 1 N–H and O–H groups in total. The highest BCUT2D eigenvalue weighted by Gasteiger charge is 2.13. The van der Waals surface area contributed by atoms with Crippen LogP contribution in [0.5, 0.6) is 0 Å². The van der Waals surface area contributed by atoms with E-state index in [0.717, 1.165) is 43.4 Å². The summed E-state index contributed by atoms with van der Waals surface area (Å²) in [5.41, 5.74) is 0.943. The molecule has 0 unspecified atom stereocenters. The molecule has 100 valence electrons. The first-order valence-electron chi connectivity index (χ1n) is 6.19. The monoisotopic (exact) mass is 269 g/mol. The zero-order valence-corrected chi connectivity index (χ0v) is 11.7. The second-order valence-electron chi connectivity index (χ2n) is 4.37. The van der Waals surface area contributed by atoms with E-state index in [2.05, 4.69) is 15.2 Å². The maximum absolute atomic E-state index is 11.8. The van der Waals surface area contributed by atoms with E-state index in [1.54, 1.807) is 0 Å². The number of nitrogens with zero attached hydrogens (tertiary/aromatic N) is 2. The fourth-order valence-corrected chi connectivity index (χ4v) is 2.63. The SMILES string of the molecule is Cc1nc(C(=O)NCCN2CCOCC2)sc1C. The molecule has 2 heterocycles. The summed E-state index contributed by atoms with van der Waals surface area (Å²) in [4.78, 5) is 19.5. The first kappa shape index (κ1) is 13.5. The Hall–Kier alpha value is -0.980. The molecule has 1 amide bonds. The Bertz CT molecular complexity index is 394. The zero-order chi connectivity index (χ0) is 13.0. The lowest BCUT2D eigenvalue weighted by Gasteiger charge is -2.26. The van der Waals surface area contributed by atoms with Gasteiger partial charge < -0.3 is 10.1 Å². The number of morpholine rings is 1. The fourth-order valence-electron chi connectivity index (χ4n) is 1.80. The van der Waals surface area contributed by atoms with E-state index in [0.29, 0.717) is 11.6 Å². The predicted octanol–water partition coefficient (Wildman–Crippen LogP) is 0.822. The molecule has 1 aliphatic heterocycles. The van der Waals surface area contributed by atoms with Crippen LogP contribution < -0.4 is 5.32 Å². The highest BCUT2D eigenvalue weighted by molar-refractivity contribution is 7.13. The summed E-state index contributed by atoms with van der Waals surface area (Å²) in [6, 6.07) is 0. The minimum atomic E-state index is -0.0653. The summed E-state index contributed by atoms with van der Waals surface area (Å²) in [7, 11) is 0. The standard InChI is InChI=1S/C12H19N3O2S/c1-9-10(2)18-12(14-9)11(16)13-3-4-15-5-7-17-8-6-15/h3-8H2,1-2H3,(H,13,16). The van der Waals surface area contributed by atoms with Crippen molar-refractivity contribution in [1.29, 1.82) is 0 Å². The summed E-state index contributed by atoms with van der Waals surface area (Å²) in [6.07, 6.45) is 0. The molecule has 1 aromatic rings. The van der Waals surface area contributed by atoms with E-state index >= 15 is 0 Å². The van der Waals surface area contributed by atoms with Crippen LogP contribution in [0.3, 0.4) is 0 Å². The van der Waals surface area contributed by atoms with Gasteiger partial charge in [-0.1, -0.05) is 0 Å². The largest absolute Gasteiger partial charge is 0.379 e. The van der Waals surface area contributed by atoms with Crippen LogP contribution in [0, 0.1) is 13.8 Å². The molecule has 5 nitrogen and oxygen atoms in total. The number of carbonyl (C=O) groups is 1. The number of aryl methyl sites for hydroxylation is 2. The van der Waals surface area contributed by atoms with Crippen molar-refractivity contribution in [2.75, 3.05) is 39.4 Å². The van der Waals surface area contributed by atoms with Gasteiger partial charge in [-0.25, -0.2) is 4.98 Å². The molecule has 1 aromatic heterocycles. The molecular weight excluding hydrogens is 250 g/mol. The predicted molar refractivity (Wildman–Crippen MR) is 71.2 cm³/mol. The van der Waals surface area contributed by atoms with Crippen molar-refractivity contribution in [1.82, 2.24) is 15.2 Å². The summed E-state index contributed by atoms with van der Waals surface area (Å²) in [5.74, 6) is -0.0653. The summed E-state index contributed by atoms with van der Waals surface area (Å²) in [5, 5.41) is 3.48. The molecule has 18 heavy (non-hydrogen) atoms. The van der Waals surface area contributed by atoms with Gasteiger partial charge in [0.15, 0.2) is 5.01 Å². The van der Waals surface area contributed by atoms with E-state index in [1.165, 1.54) is 11.3 Å².